The van der Waals surface area contributed by atoms with Gasteiger partial charge >= 0.3 is 6.03 Å². The molecule has 156 valence electrons. The number of benzene rings is 2. The summed E-state index contributed by atoms with van der Waals surface area (Å²) in [5.74, 6) is 1.58. The fourth-order valence-corrected chi connectivity index (χ4v) is 3.66. The summed E-state index contributed by atoms with van der Waals surface area (Å²) in [5, 5.41) is 0. The van der Waals surface area contributed by atoms with Crippen LogP contribution in [0.4, 0.5) is 16.3 Å². The van der Waals surface area contributed by atoms with Crippen LogP contribution in [-0.4, -0.2) is 68.3 Å². The van der Waals surface area contributed by atoms with Crippen molar-refractivity contribution in [3.8, 4) is 11.6 Å². The molecule has 3 aromatic rings. The van der Waals surface area contributed by atoms with Crippen LogP contribution in [0, 0.1) is 0 Å². The number of fused-ring (bicyclic) bond motifs is 1. The zero-order valence-corrected chi connectivity index (χ0v) is 17.4. The van der Waals surface area contributed by atoms with Crippen LogP contribution in [0.5, 0.6) is 11.6 Å². The smallest absolute Gasteiger partial charge is 0.325 e. The van der Waals surface area contributed by atoms with Crippen LogP contribution in [0.1, 0.15) is 0 Å². The molecule has 2 aromatic carbocycles. The van der Waals surface area contributed by atoms with Crippen molar-refractivity contribution in [2.75, 3.05) is 57.2 Å². The normalized spacial score (nSPS) is 14.0. The van der Waals surface area contributed by atoms with Crippen LogP contribution in [0.25, 0.3) is 11.0 Å². The van der Waals surface area contributed by atoms with Gasteiger partial charge in [-0.3, -0.25) is 4.90 Å². The maximum Gasteiger partial charge on any atom is 0.325 e. The van der Waals surface area contributed by atoms with Crippen LogP contribution in [0.3, 0.4) is 0 Å². The Kier molecular flexibility index (Phi) is 5.56. The van der Waals surface area contributed by atoms with Gasteiger partial charge in [0.25, 0.3) is 5.88 Å². The number of hydrogen-bond acceptors (Lipinski definition) is 6. The number of hydrogen-bond donors (Lipinski definition) is 0. The molecule has 4 rings (SSSR count). The van der Waals surface area contributed by atoms with Crippen LogP contribution < -0.4 is 19.3 Å². The first-order valence-corrected chi connectivity index (χ1v) is 9.83. The Hall–Kier alpha value is -3.55. The Morgan fingerprint density at radius 1 is 0.900 bits per heavy atom. The van der Waals surface area contributed by atoms with Crippen LogP contribution in [0.15, 0.2) is 48.5 Å². The predicted molar refractivity (Wildman–Crippen MR) is 117 cm³/mol. The van der Waals surface area contributed by atoms with Crippen LogP contribution >= 0.6 is 0 Å². The number of ether oxygens (including phenoxy) is 2. The highest BCUT2D eigenvalue weighted by Gasteiger charge is 2.28. The topological polar surface area (TPSA) is 71.0 Å². The number of nitrogens with zero attached hydrogens (tertiary/aromatic N) is 5. The second-order valence-corrected chi connectivity index (χ2v) is 7.03. The molecule has 8 nitrogen and oxygen atoms in total. The SMILES string of the molecule is COc1ccccc1N1CCN(C(=O)N(C)c2nc3ccccc3nc2OC)CC1. The summed E-state index contributed by atoms with van der Waals surface area (Å²) in [4.78, 5) is 27.8. The van der Waals surface area contributed by atoms with E-state index < -0.39 is 0 Å². The molecule has 2 heterocycles. The number of rotatable bonds is 4. The zero-order chi connectivity index (χ0) is 21.1. The summed E-state index contributed by atoms with van der Waals surface area (Å²) < 4.78 is 10.9. The lowest BCUT2D eigenvalue weighted by Crippen LogP contribution is -2.52. The first-order valence-electron chi connectivity index (χ1n) is 9.83. The average molecular weight is 407 g/mol. The minimum absolute atomic E-state index is 0.127. The number of urea groups is 1. The molecule has 1 aromatic heterocycles. The summed E-state index contributed by atoms with van der Waals surface area (Å²) >= 11 is 0. The van der Waals surface area contributed by atoms with Crippen LogP contribution in [0.2, 0.25) is 0 Å². The van der Waals surface area contributed by atoms with Gasteiger partial charge < -0.3 is 19.3 Å². The van der Waals surface area contributed by atoms with Gasteiger partial charge in [-0.2, -0.15) is 0 Å². The monoisotopic (exact) mass is 407 g/mol. The molecule has 0 atom stereocenters. The van der Waals surface area contributed by atoms with Gasteiger partial charge in [0, 0.05) is 33.2 Å². The van der Waals surface area contributed by atoms with E-state index in [0.29, 0.717) is 30.3 Å². The van der Waals surface area contributed by atoms with Gasteiger partial charge in [0.1, 0.15) is 5.75 Å². The molecule has 1 aliphatic heterocycles. The van der Waals surface area contributed by atoms with Gasteiger partial charge in [-0.05, 0) is 24.3 Å². The van der Waals surface area contributed by atoms with E-state index in [2.05, 4.69) is 14.9 Å². The van der Waals surface area contributed by atoms with E-state index in [-0.39, 0.29) is 6.03 Å². The molecule has 1 aliphatic rings. The number of methoxy groups -OCH3 is 2. The van der Waals surface area contributed by atoms with Crippen molar-refractivity contribution in [2.24, 2.45) is 0 Å². The minimum Gasteiger partial charge on any atom is -0.495 e. The van der Waals surface area contributed by atoms with Gasteiger partial charge in [0.15, 0.2) is 0 Å². The molecular weight excluding hydrogens is 382 g/mol. The lowest BCUT2D eigenvalue weighted by molar-refractivity contribution is 0.202. The number of amides is 2. The van der Waals surface area contributed by atoms with E-state index in [1.807, 2.05) is 53.4 Å². The highest BCUT2D eigenvalue weighted by molar-refractivity contribution is 5.93. The van der Waals surface area contributed by atoms with Gasteiger partial charge in [-0.15, -0.1) is 0 Å². The molecule has 0 N–H and O–H groups in total. The van der Waals surface area contributed by atoms with Crippen molar-refractivity contribution >= 4 is 28.6 Å². The minimum atomic E-state index is -0.127. The van der Waals surface area contributed by atoms with E-state index in [1.54, 1.807) is 14.2 Å². The van der Waals surface area contributed by atoms with Crippen molar-refractivity contribution in [3.05, 3.63) is 48.5 Å². The lowest BCUT2D eigenvalue weighted by atomic mass is 10.2. The van der Waals surface area contributed by atoms with Crippen molar-refractivity contribution in [1.29, 1.82) is 0 Å². The van der Waals surface area contributed by atoms with E-state index in [1.165, 1.54) is 12.0 Å². The first kappa shape index (κ1) is 19.8. The molecule has 0 spiro atoms. The molecule has 30 heavy (non-hydrogen) atoms. The first-order chi connectivity index (χ1) is 14.6. The number of para-hydroxylation sites is 4. The number of anilines is 2. The van der Waals surface area contributed by atoms with Gasteiger partial charge in [0.05, 0.1) is 30.9 Å². The second-order valence-electron chi connectivity index (χ2n) is 7.03. The summed E-state index contributed by atoms with van der Waals surface area (Å²) in [6.45, 7) is 2.65. The Morgan fingerprint density at radius 2 is 1.53 bits per heavy atom. The molecule has 0 aliphatic carbocycles. The second kappa shape index (κ2) is 8.44. The molecule has 8 heteroatoms. The maximum absolute atomic E-state index is 13.2. The van der Waals surface area contributed by atoms with Gasteiger partial charge in [-0.25, -0.2) is 14.8 Å². The quantitative estimate of drug-likeness (QED) is 0.662. The largest absolute Gasteiger partial charge is 0.495 e. The Labute approximate surface area is 175 Å². The summed E-state index contributed by atoms with van der Waals surface area (Å²) in [7, 11) is 4.91. The third kappa shape index (κ3) is 3.68. The van der Waals surface area contributed by atoms with Crippen LogP contribution in [-0.2, 0) is 0 Å². The van der Waals surface area contributed by atoms with Gasteiger partial charge in [0.2, 0.25) is 5.82 Å². The molecule has 2 amide bonds. The zero-order valence-electron chi connectivity index (χ0n) is 17.4. The van der Waals surface area contributed by atoms with Crippen molar-refractivity contribution < 1.29 is 14.3 Å². The fraction of sp³-hybridized carbons (Fsp3) is 0.318. The molecule has 0 radical (unpaired) electrons. The van der Waals surface area contributed by atoms with E-state index >= 15 is 0 Å². The molecular formula is C22H25N5O3. The van der Waals surface area contributed by atoms with E-state index in [4.69, 9.17) is 9.47 Å². The van der Waals surface area contributed by atoms with Crippen molar-refractivity contribution in [2.45, 2.75) is 0 Å². The average Bonchev–Trinajstić information content (AvgIpc) is 2.82. The summed E-state index contributed by atoms with van der Waals surface area (Å²) in [6.07, 6.45) is 0. The predicted octanol–water partition coefficient (Wildman–Crippen LogP) is 3.03. The fourth-order valence-electron chi connectivity index (χ4n) is 3.66. The molecule has 0 unspecified atom stereocenters. The lowest BCUT2D eigenvalue weighted by Gasteiger charge is -2.38. The number of aromatic nitrogens is 2. The number of piperazine rings is 1. The summed E-state index contributed by atoms with van der Waals surface area (Å²) in [5.41, 5.74) is 2.49. The third-order valence-electron chi connectivity index (χ3n) is 5.30. The van der Waals surface area contributed by atoms with Gasteiger partial charge in [-0.1, -0.05) is 24.3 Å². The molecule has 0 bridgehead atoms. The Morgan fingerprint density at radius 3 is 2.20 bits per heavy atom. The van der Waals surface area contributed by atoms with E-state index in [0.717, 1.165) is 30.0 Å². The highest BCUT2D eigenvalue weighted by atomic mass is 16.5. The van der Waals surface area contributed by atoms with E-state index in [9.17, 15) is 4.79 Å². The third-order valence-corrected chi connectivity index (χ3v) is 5.30. The standard InChI is InChI=1S/C22H25N5O3/c1-25(20-21(30-3)24-17-9-5-4-8-16(17)23-20)22(28)27-14-12-26(13-15-27)18-10-6-7-11-19(18)29-2/h4-11H,12-15H2,1-3H3. The Bertz CT molecular complexity index is 1050. The molecule has 1 fully saturated rings. The maximum atomic E-state index is 13.2. The summed E-state index contributed by atoms with van der Waals surface area (Å²) in [6, 6.07) is 15.3. The molecule has 1 saturated heterocycles. The number of carbonyl (C=O) groups is 1. The number of carbonyl (C=O) groups excluding carboxylic acids is 1. The molecule has 0 saturated carbocycles. The van der Waals surface area contributed by atoms with Crippen molar-refractivity contribution in [1.82, 2.24) is 14.9 Å². The highest BCUT2D eigenvalue weighted by Crippen LogP contribution is 2.29. The van der Waals surface area contributed by atoms with Crippen molar-refractivity contribution in [3.63, 3.8) is 0 Å². The Balaban J connectivity index is 1.50.